The molecule has 1 saturated heterocycles. The van der Waals surface area contributed by atoms with Crippen molar-refractivity contribution in [3.8, 4) is 0 Å². The van der Waals surface area contributed by atoms with Gasteiger partial charge in [-0.3, -0.25) is 30.1 Å². The second-order valence-electron chi connectivity index (χ2n) is 6.11. The molecule has 0 atom stereocenters. The smallest absolute Gasteiger partial charge is 0.269 e. The molecule has 2 aromatic rings. The topological polar surface area (TPSA) is 78.5 Å². The first-order chi connectivity index (χ1) is 14.3. The second-order valence-corrected chi connectivity index (χ2v) is 8.23. The fourth-order valence-electron chi connectivity index (χ4n) is 2.50. The lowest BCUT2D eigenvalue weighted by atomic mass is 10.2. The van der Waals surface area contributed by atoms with E-state index < -0.39 is 23.5 Å². The molecule has 2 aromatic carbocycles. The van der Waals surface area contributed by atoms with Crippen LogP contribution in [0.15, 0.2) is 53.4 Å². The molecule has 0 aliphatic carbocycles. The number of amides is 3. The van der Waals surface area contributed by atoms with Gasteiger partial charge in [0, 0.05) is 29.1 Å². The van der Waals surface area contributed by atoms with Crippen molar-refractivity contribution in [2.45, 2.75) is 6.42 Å². The van der Waals surface area contributed by atoms with Crippen LogP contribution in [0, 0.1) is 5.82 Å². The van der Waals surface area contributed by atoms with E-state index in [9.17, 15) is 18.8 Å². The Morgan fingerprint density at radius 1 is 1.13 bits per heavy atom. The van der Waals surface area contributed by atoms with Gasteiger partial charge in [0.1, 0.15) is 10.1 Å². The molecule has 6 nitrogen and oxygen atoms in total. The summed E-state index contributed by atoms with van der Waals surface area (Å²) in [5, 5.41) is 0.489. The minimum atomic E-state index is -0.501. The Bertz CT molecular complexity index is 1040. The zero-order valence-electron chi connectivity index (χ0n) is 15.4. The molecular weight excluding hydrogens is 449 g/mol. The first-order valence-electron chi connectivity index (χ1n) is 8.70. The number of nitrogens with one attached hydrogen (secondary N) is 2. The molecule has 0 bridgehead atoms. The largest absolute Gasteiger partial charge is 0.292 e. The van der Waals surface area contributed by atoms with Crippen LogP contribution in [0.2, 0.25) is 5.02 Å². The van der Waals surface area contributed by atoms with Gasteiger partial charge in [-0.15, -0.1) is 0 Å². The lowest BCUT2D eigenvalue weighted by Gasteiger charge is -2.14. The van der Waals surface area contributed by atoms with Gasteiger partial charge in [0.25, 0.3) is 11.8 Å². The maximum Gasteiger partial charge on any atom is 0.269 e. The molecule has 0 saturated carbocycles. The Kier molecular flexibility index (Phi) is 7.20. The third kappa shape index (κ3) is 5.44. The van der Waals surface area contributed by atoms with Crippen LogP contribution in [0.5, 0.6) is 0 Å². The number of hydrogen-bond acceptors (Lipinski definition) is 5. The van der Waals surface area contributed by atoms with Crippen molar-refractivity contribution >= 4 is 63.7 Å². The Morgan fingerprint density at radius 3 is 2.53 bits per heavy atom. The van der Waals surface area contributed by atoms with Gasteiger partial charge in [-0.05, 0) is 36.4 Å². The monoisotopic (exact) mass is 463 g/mol. The van der Waals surface area contributed by atoms with Crippen molar-refractivity contribution in [1.82, 2.24) is 15.8 Å². The highest BCUT2D eigenvalue weighted by Crippen LogP contribution is 2.32. The van der Waals surface area contributed by atoms with Crippen molar-refractivity contribution in [2.24, 2.45) is 0 Å². The molecule has 1 heterocycles. The minimum Gasteiger partial charge on any atom is -0.292 e. The van der Waals surface area contributed by atoms with Crippen LogP contribution in [-0.4, -0.2) is 33.5 Å². The molecule has 2 N–H and O–H groups in total. The van der Waals surface area contributed by atoms with E-state index in [0.29, 0.717) is 10.6 Å². The van der Waals surface area contributed by atoms with E-state index in [1.165, 1.54) is 29.2 Å². The first-order valence-corrected chi connectivity index (χ1v) is 10.3. The third-order valence-corrected chi connectivity index (χ3v) is 5.68. The van der Waals surface area contributed by atoms with E-state index in [1.54, 1.807) is 30.3 Å². The zero-order chi connectivity index (χ0) is 21.7. The lowest BCUT2D eigenvalue weighted by molar-refractivity contribution is -0.124. The quantitative estimate of drug-likeness (QED) is 0.403. The Hall–Kier alpha value is -2.75. The summed E-state index contributed by atoms with van der Waals surface area (Å²) < 4.78 is 14.1. The molecule has 0 radical (unpaired) electrons. The van der Waals surface area contributed by atoms with Crippen LogP contribution in [0.3, 0.4) is 0 Å². The normalized spacial score (nSPS) is 14.9. The molecule has 0 unspecified atom stereocenters. The van der Waals surface area contributed by atoms with Gasteiger partial charge in [0.05, 0.1) is 4.91 Å². The van der Waals surface area contributed by atoms with Gasteiger partial charge in [-0.2, -0.15) is 0 Å². The maximum absolute atomic E-state index is 13.8. The summed E-state index contributed by atoms with van der Waals surface area (Å²) in [5.41, 5.74) is 5.18. The Morgan fingerprint density at radius 2 is 1.83 bits per heavy atom. The highest BCUT2D eigenvalue weighted by molar-refractivity contribution is 8.26. The van der Waals surface area contributed by atoms with E-state index in [4.69, 9.17) is 23.8 Å². The molecule has 1 aliphatic heterocycles. The highest BCUT2D eigenvalue weighted by atomic mass is 35.5. The summed E-state index contributed by atoms with van der Waals surface area (Å²) in [6.07, 6.45) is 1.35. The Labute approximate surface area is 186 Å². The number of rotatable bonds is 5. The molecule has 3 rings (SSSR count). The number of hydrogen-bond donors (Lipinski definition) is 2. The van der Waals surface area contributed by atoms with Gasteiger partial charge in [0.2, 0.25) is 5.91 Å². The minimum absolute atomic E-state index is 0.0297. The van der Waals surface area contributed by atoms with E-state index in [0.717, 1.165) is 11.8 Å². The summed E-state index contributed by atoms with van der Waals surface area (Å²) in [4.78, 5) is 38.1. The van der Waals surface area contributed by atoms with Crippen LogP contribution >= 0.6 is 35.6 Å². The van der Waals surface area contributed by atoms with Crippen molar-refractivity contribution in [3.63, 3.8) is 0 Å². The standard InChI is InChI=1S/C20H15ClFN3O3S2/c21-14-7-5-12(6-8-14)18(27)24-23-17(26)9-10-25-19(28)16(30-20(25)29)11-13-3-1-2-4-15(13)22/h1-8,11H,9-10H2,(H,23,26)(H,24,27)/b16-11-. The van der Waals surface area contributed by atoms with E-state index in [-0.39, 0.29) is 27.8 Å². The van der Waals surface area contributed by atoms with Crippen molar-refractivity contribution < 1.29 is 18.8 Å². The van der Waals surface area contributed by atoms with Crippen molar-refractivity contribution in [3.05, 3.63) is 75.4 Å². The number of thiocarbonyl (C=S) groups is 1. The lowest BCUT2D eigenvalue weighted by Crippen LogP contribution is -2.43. The van der Waals surface area contributed by atoms with Crippen LogP contribution in [0.4, 0.5) is 4.39 Å². The van der Waals surface area contributed by atoms with E-state index >= 15 is 0 Å². The molecular formula is C20H15ClFN3O3S2. The van der Waals surface area contributed by atoms with Gasteiger partial charge in [-0.25, -0.2) is 4.39 Å². The zero-order valence-corrected chi connectivity index (χ0v) is 17.7. The average molecular weight is 464 g/mol. The number of carbonyl (C=O) groups is 3. The fraction of sp³-hybridized carbons (Fsp3) is 0.100. The number of thioether (sulfide) groups is 1. The third-order valence-electron chi connectivity index (χ3n) is 4.05. The number of hydrazine groups is 1. The van der Waals surface area contributed by atoms with Gasteiger partial charge in [0.15, 0.2) is 0 Å². The first kappa shape index (κ1) is 21.9. The number of nitrogens with zero attached hydrogens (tertiary/aromatic N) is 1. The van der Waals surface area contributed by atoms with Gasteiger partial charge in [-0.1, -0.05) is 53.8 Å². The summed E-state index contributed by atoms with van der Waals surface area (Å²) >= 11 is 12.0. The molecule has 0 spiro atoms. The fourth-order valence-corrected chi connectivity index (χ4v) is 3.93. The van der Waals surface area contributed by atoms with Crippen LogP contribution in [0.1, 0.15) is 22.3 Å². The molecule has 30 heavy (non-hydrogen) atoms. The van der Waals surface area contributed by atoms with Crippen LogP contribution < -0.4 is 10.9 Å². The SMILES string of the molecule is O=C(CCN1C(=O)/C(=C/c2ccccc2F)SC1=S)NNC(=O)c1ccc(Cl)cc1. The van der Waals surface area contributed by atoms with Crippen LogP contribution in [0.25, 0.3) is 6.08 Å². The van der Waals surface area contributed by atoms with E-state index in [1.807, 2.05) is 0 Å². The maximum atomic E-state index is 13.8. The summed E-state index contributed by atoms with van der Waals surface area (Å²) in [6, 6.07) is 12.2. The van der Waals surface area contributed by atoms with Gasteiger partial charge >= 0.3 is 0 Å². The Balaban J connectivity index is 1.52. The summed E-state index contributed by atoms with van der Waals surface area (Å²) in [5.74, 6) is -1.84. The number of halogens is 2. The molecule has 1 aliphatic rings. The average Bonchev–Trinajstić information content (AvgIpc) is 2.99. The second kappa shape index (κ2) is 9.84. The molecule has 10 heteroatoms. The van der Waals surface area contributed by atoms with Gasteiger partial charge < -0.3 is 0 Å². The summed E-state index contributed by atoms with van der Waals surface area (Å²) in [6.45, 7) is 0.0297. The molecule has 154 valence electrons. The highest BCUT2D eigenvalue weighted by Gasteiger charge is 2.32. The van der Waals surface area contributed by atoms with Crippen molar-refractivity contribution in [1.29, 1.82) is 0 Å². The van der Waals surface area contributed by atoms with E-state index in [2.05, 4.69) is 10.9 Å². The molecule has 3 amide bonds. The number of benzene rings is 2. The van der Waals surface area contributed by atoms with Crippen LogP contribution in [-0.2, 0) is 9.59 Å². The summed E-state index contributed by atoms with van der Waals surface area (Å²) in [7, 11) is 0. The number of carbonyl (C=O) groups excluding carboxylic acids is 3. The molecule has 1 fully saturated rings. The predicted molar refractivity (Wildman–Crippen MR) is 118 cm³/mol. The molecule has 0 aromatic heterocycles. The van der Waals surface area contributed by atoms with Crippen molar-refractivity contribution in [2.75, 3.05) is 6.54 Å². The predicted octanol–water partition coefficient (Wildman–Crippen LogP) is 3.53.